The zero-order valence-corrected chi connectivity index (χ0v) is 27.2. The Morgan fingerprint density at radius 2 is 1.27 bits per heavy atom. The second kappa shape index (κ2) is 18.5. The standard InChI is InChI=1S/C33H51N3O9/c1-32(2,3)44-30(40)35-26(18-23-10-8-7-9-11-23)28(38)20-34-21-29(39)27(36-31(41)45-33(4,5)22-37)19-24-12-14-25(15-13-24)43-17-16-42-6/h7-15,26-29,34,37-39H,16-22H2,1-6H3,(H,35,40)(H,36,41)/t26-,27-,28+,29+/m0/s1. The first-order chi connectivity index (χ1) is 21.2. The van der Waals surface area contributed by atoms with Crippen LogP contribution in [0.2, 0.25) is 0 Å². The molecule has 0 spiro atoms. The van der Waals surface area contributed by atoms with Gasteiger partial charge in [0.25, 0.3) is 0 Å². The minimum atomic E-state index is -1.11. The Bertz CT molecular complexity index is 1140. The fraction of sp³-hybridized carbons (Fsp3) is 0.576. The molecule has 0 bridgehead atoms. The highest BCUT2D eigenvalue weighted by molar-refractivity contribution is 5.68. The molecule has 0 aliphatic heterocycles. The van der Waals surface area contributed by atoms with E-state index in [0.717, 1.165) is 11.1 Å². The number of ether oxygens (including phenoxy) is 4. The average molecular weight is 634 g/mol. The lowest BCUT2D eigenvalue weighted by Gasteiger charge is -2.29. The number of amides is 2. The summed E-state index contributed by atoms with van der Waals surface area (Å²) in [5.41, 5.74) is -0.0784. The summed E-state index contributed by atoms with van der Waals surface area (Å²) < 4.78 is 21.3. The lowest BCUT2D eigenvalue weighted by molar-refractivity contribution is -0.00773. The maximum absolute atomic E-state index is 12.7. The average Bonchev–Trinajstić information content (AvgIpc) is 2.96. The molecule has 0 heterocycles. The Labute approximate surface area is 266 Å². The molecule has 0 aromatic heterocycles. The number of rotatable bonds is 18. The van der Waals surface area contributed by atoms with E-state index in [1.165, 1.54) is 0 Å². The second-order valence-corrected chi connectivity index (χ2v) is 12.5. The van der Waals surface area contributed by atoms with Gasteiger partial charge in [-0.25, -0.2) is 9.59 Å². The third-order valence-electron chi connectivity index (χ3n) is 6.62. The van der Waals surface area contributed by atoms with E-state index in [1.54, 1.807) is 53.9 Å². The molecule has 0 aliphatic carbocycles. The van der Waals surface area contributed by atoms with Crippen molar-refractivity contribution in [3.8, 4) is 5.75 Å². The Morgan fingerprint density at radius 1 is 0.756 bits per heavy atom. The summed E-state index contributed by atoms with van der Waals surface area (Å²) in [5, 5.41) is 40.2. The Kier molecular flexibility index (Phi) is 15.5. The maximum atomic E-state index is 12.7. The summed E-state index contributed by atoms with van der Waals surface area (Å²) in [5.74, 6) is 0.658. The van der Waals surface area contributed by atoms with Crippen LogP contribution in [0, 0.1) is 0 Å². The number of aliphatic hydroxyl groups is 3. The van der Waals surface area contributed by atoms with Crippen molar-refractivity contribution in [2.24, 2.45) is 0 Å². The van der Waals surface area contributed by atoms with Gasteiger partial charge < -0.3 is 50.2 Å². The van der Waals surface area contributed by atoms with E-state index in [9.17, 15) is 24.9 Å². The zero-order valence-electron chi connectivity index (χ0n) is 27.2. The lowest BCUT2D eigenvalue weighted by atomic mass is 10.00. The van der Waals surface area contributed by atoms with Gasteiger partial charge in [-0.15, -0.1) is 0 Å². The molecule has 0 saturated heterocycles. The van der Waals surface area contributed by atoms with Gasteiger partial charge in [-0.05, 0) is 70.7 Å². The SMILES string of the molecule is COCCOc1ccc(C[C@H](NC(=O)OC(C)(C)CO)[C@H](O)CNC[C@@H](O)[C@H](Cc2ccccc2)NC(=O)OC(C)(C)C)cc1. The number of carbonyl (C=O) groups excluding carboxylic acids is 2. The molecule has 4 atom stereocenters. The maximum Gasteiger partial charge on any atom is 0.408 e. The van der Waals surface area contributed by atoms with Crippen LogP contribution >= 0.6 is 0 Å². The van der Waals surface area contributed by atoms with Crippen molar-refractivity contribution in [2.75, 3.05) is 40.0 Å². The van der Waals surface area contributed by atoms with Crippen molar-refractivity contribution in [3.63, 3.8) is 0 Å². The van der Waals surface area contributed by atoms with Crippen LogP contribution in [0.4, 0.5) is 9.59 Å². The third-order valence-corrected chi connectivity index (χ3v) is 6.62. The molecule has 0 fully saturated rings. The lowest BCUT2D eigenvalue weighted by Crippen LogP contribution is -2.53. The van der Waals surface area contributed by atoms with Gasteiger partial charge in [-0.3, -0.25) is 0 Å². The summed E-state index contributed by atoms with van der Waals surface area (Å²) in [6.07, 6.45) is -2.94. The molecule has 252 valence electrons. The van der Waals surface area contributed by atoms with Gasteiger partial charge in [0.05, 0.1) is 37.5 Å². The Hall–Kier alpha value is -3.42. The molecule has 0 aliphatic rings. The van der Waals surface area contributed by atoms with Gasteiger partial charge in [0.2, 0.25) is 0 Å². The van der Waals surface area contributed by atoms with E-state index in [-0.39, 0.29) is 26.1 Å². The molecule has 12 nitrogen and oxygen atoms in total. The van der Waals surface area contributed by atoms with Gasteiger partial charge in [0, 0.05) is 20.2 Å². The molecule has 2 rings (SSSR count). The first-order valence-corrected chi connectivity index (χ1v) is 15.1. The smallest absolute Gasteiger partial charge is 0.408 e. The molecule has 12 heteroatoms. The van der Waals surface area contributed by atoms with Gasteiger partial charge in [0.15, 0.2) is 0 Å². The van der Waals surface area contributed by atoms with Crippen molar-refractivity contribution < 1.29 is 43.9 Å². The molecule has 2 amide bonds. The van der Waals surface area contributed by atoms with Crippen LogP contribution in [0.15, 0.2) is 54.6 Å². The van der Waals surface area contributed by atoms with Crippen LogP contribution in [0.3, 0.4) is 0 Å². The predicted molar refractivity (Wildman–Crippen MR) is 170 cm³/mol. The normalized spacial score (nSPS) is 14.5. The highest BCUT2D eigenvalue weighted by Gasteiger charge is 2.28. The third kappa shape index (κ3) is 15.4. The molecule has 0 saturated carbocycles. The number of hydrogen-bond acceptors (Lipinski definition) is 10. The molecule has 0 unspecified atom stereocenters. The van der Waals surface area contributed by atoms with Gasteiger partial charge in [-0.2, -0.15) is 0 Å². The highest BCUT2D eigenvalue weighted by atomic mass is 16.6. The number of nitrogens with one attached hydrogen (secondary N) is 3. The van der Waals surface area contributed by atoms with Crippen molar-refractivity contribution in [1.29, 1.82) is 0 Å². The van der Waals surface area contributed by atoms with Crippen LogP contribution in [0.25, 0.3) is 0 Å². The van der Waals surface area contributed by atoms with Crippen molar-refractivity contribution >= 4 is 12.2 Å². The number of methoxy groups -OCH3 is 1. The van der Waals surface area contributed by atoms with E-state index < -0.39 is 47.7 Å². The topological polar surface area (TPSA) is 168 Å². The number of benzene rings is 2. The largest absolute Gasteiger partial charge is 0.491 e. The molecule has 6 N–H and O–H groups in total. The number of hydrogen-bond donors (Lipinski definition) is 6. The summed E-state index contributed by atoms with van der Waals surface area (Å²) in [6, 6.07) is 15.2. The Morgan fingerprint density at radius 3 is 1.76 bits per heavy atom. The van der Waals surface area contributed by atoms with E-state index in [4.69, 9.17) is 18.9 Å². The van der Waals surface area contributed by atoms with E-state index in [1.807, 2.05) is 42.5 Å². The van der Waals surface area contributed by atoms with Crippen molar-refractivity contribution in [2.45, 2.75) is 83.0 Å². The first-order valence-electron chi connectivity index (χ1n) is 15.1. The van der Waals surface area contributed by atoms with E-state index in [2.05, 4.69) is 16.0 Å². The van der Waals surface area contributed by atoms with Gasteiger partial charge in [-0.1, -0.05) is 42.5 Å². The highest BCUT2D eigenvalue weighted by Crippen LogP contribution is 2.16. The summed E-state index contributed by atoms with van der Waals surface area (Å²) in [7, 11) is 1.59. The summed E-state index contributed by atoms with van der Waals surface area (Å²) in [4.78, 5) is 25.2. The van der Waals surface area contributed by atoms with Crippen molar-refractivity contribution in [3.05, 3.63) is 65.7 Å². The first kappa shape index (κ1) is 37.8. The van der Waals surface area contributed by atoms with Crippen LogP contribution in [0.5, 0.6) is 5.75 Å². The quantitative estimate of drug-likeness (QED) is 0.134. The van der Waals surface area contributed by atoms with E-state index in [0.29, 0.717) is 25.4 Å². The van der Waals surface area contributed by atoms with Crippen LogP contribution < -0.4 is 20.7 Å². The van der Waals surface area contributed by atoms with Crippen LogP contribution in [-0.4, -0.2) is 103 Å². The van der Waals surface area contributed by atoms with Gasteiger partial charge in [0.1, 0.15) is 23.6 Å². The fourth-order valence-electron chi connectivity index (χ4n) is 4.24. The minimum absolute atomic E-state index is 0.00804. The van der Waals surface area contributed by atoms with E-state index >= 15 is 0 Å². The zero-order chi connectivity index (χ0) is 33.5. The van der Waals surface area contributed by atoms with Crippen LogP contribution in [0.1, 0.15) is 45.7 Å². The molecule has 2 aromatic rings. The fourth-order valence-corrected chi connectivity index (χ4v) is 4.24. The minimum Gasteiger partial charge on any atom is -0.491 e. The molecular weight excluding hydrogens is 582 g/mol. The van der Waals surface area contributed by atoms with Crippen LogP contribution in [-0.2, 0) is 27.1 Å². The molecule has 0 radical (unpaired) electrons. The molecular formula is C33H51N3O9. The summed E-state index contributed by atoms with van der Waals surface area (Å²) >= 11 is 0. The number of carbonyl (C=O) groups is 2. The second-order valence-electron chi connectivity index (χ2n) is 12.5. The molecule has 2 aromatic carbocycles. The molecule has 45 heavy (non-hydrogen) atoms. The monoisotopic (exact) mass is 633 g/mol. The number of alkyl carbamates (subject to hydrolysis) is 2. The number of aliphatic hydroxyl groups excluding tert-OH is 3. The summed E-state index contributed by atoms with van der Waals surface area (Å²) in [6.45, 7) is 8.94. The van der Waals surface area contributed by atoms with Crippen molar-refractivity contribution in [1.82, 2.24) is 16.0 Å². The Balaban J connectivity index is 2.08. The predicted octanol–water partition coefficient (Wildman–Crippen LogP) is 2.57. The van der Waals surface area contributed by atoms with Gasteiger partial charge >= 0.3 is 12.2 Å².